The summed E-state index contributed by atoms with van der Waals surface area (Å²) in [6.07, 6.45) is 2.32. The first kappa shape index (κ1) is 18.9. The van der Waals surface area contributed by atoms with Crippen LogP contribution in [0.1, 0.15) is 40.0 Å². The summed E-state index contributed by atoms with van der Waals surface area (Å²) < 4.78 is 5.22. The van der Waals surface area contributed by atoms with Gasteiger partial charge < -0.3 is 15.1 Å². The van der Waals surface area contributed by atoms with E-state index in [1.54, 1.807) is 25.3 Å². The summed E-state index contributed by atoms with van der Waals surface area (Å²) in [5.74, 6) is 1.90. The van der Waals surface area contributed by atoms with E-state index in [2.05, 4.69) is 20.6 Å². The Morgan fingerprint density at radius 1 is 1.19 bits per heavy atom. The minimum Gasteiger partial charge on any atom is -0.467 e. The van der Waals surface area contributed by atoms with Crippen LogP contribution >= 0.6 is 11.6 Å². The molecule has 0 aliphatic rings. The number of hydrogen-bond donors (Lipinski definition) is 2. The molecule has 1 amide bonds. The third-order valence-corrected chi connectivity index (χ3v) is 4.39. The van der Waals surface area contributed by atoms with Crippen LogP contribution in [0, 0.1) is 6.92 Å². The van der Waals surface area contributed by atoms with Crippen molar-refractivity contribution in [2.75, 3.05) is 5.32 Å². The van der Waals surface area contributed by atoms with Crippen LogP contribution in [0.15, 0.2) is 47.1 Å². The van der Waals surface area contributed by atoms with Crippen molar-refractivity contribution in [1.82, 2.24) is 15.3 Å². The van der Waals surface area contributed by atoms with Gasteiger partial charge in [-0.2, -0.15) is 0 Å². The molecule has 0 saturated heterocycles. The molecule has 0 aliphatic heterocycles. The first-order valence-electron chi connectivity index (χ1n) is 8.73. The van der Waals surface area contributed by atoms with Crippen molar-refractivity contribution in [1.29, 1.82) is 0 Å². The molecule has 0 fully saturated rings. The molecule has 0 spiro atoms. The number of aromatic nitrogens is 2. The number of aryl methyl sites for hydroxylation is 1. The fourth-order valence-electron chi connectivity index (χ4n) is 2.71. The van der Waals surface area contributed by atoms with Gasteiger partial charge in [0.05, 0.1) is 12.8 Å². The Morgan fingerprint density at radius 3 is 2.78 bits per heavy atom. The third-order valence-electron chi connectivity index (χ3n) is 4.07. The van der Waals surface area contributed by atoms with Crippen LogP contribution in [0.3, 0.4) is 0 Å². The molecule has 0 aliphatic carbocycles. The largest absolute Gasteiger partial charge is 0.467 e. The number of halogens is 1. The summed E-state index contributed by atoms with van der Waals surface area (Å²) in [6.45, 7) is 4.70. The number of amides is 1. The smallest absolute Gasteiger partial charge is 0.251 e. The van der Waals surface area contributed by atoms with Crippen molar-refractivity contribution >= 4 is 23.3 Å². The number of anilines is 1. The second-order valence-corrected chi connectivity index (χ2v) is 6.42. The van der Waals surface area contributed by atoms with Crippen molar-refractivity contribution in [3.63, 3.8) is 0 Å². The van der Waals surface area contributed by atoms with Crippen LogP contribution in [0.2, 0.25) is 5.15 Å². The van der Waals surface area contributed by atoms with E-state index in [0.717, 1.165) is 23.4 Å². The molecular formula is C20H21ClN4O2. The molecule has 0 saturated carbocycles. The quantitative estimate of drug-likeness (QED) is 0.598. The average Bonchev–Trinajstić information content (AvgIpc) is 3.18. The van der Waals surface area contributed by atoms with E-state index in [0.29, 0.717) is 35.4 Å². The minimum absolute atomic E-state index is 0.150. The van der Waals surface area contributed by atoms with Crippen molar-refractivity contribution in [2.24, 2.45) is 0 Å². The summed E-state index contributed by atoms with van der Waals surface area (Å²) in [4.78, 5) is 21.0. The topological polar surface area (TPSA) is 80.0 Å². The molecular weight excluding hydrogens is 364 g/mol. The molecule has 27 heavy (non-hydrogen) atoms. The van der Waals surface area contributed by atoms with Crippen LogP contribution in [-0.4, -0.2) is 15.9 Å². The lowest BCUT2D eigenvalue weighted by atomic mass is 10.1. The average molecular weight is 385 g/mol. The van der Waals surface area contributed by atoms with Gasteiger partial charge in [-0.25, -0.2) is 9.97 Å². The summed E-state index contributed by atoms with van der Waals surface area (Å²) >= 11 is 6.21. The Bertz CT molecular complexity index is 926. The number of furan rings is 1. The molecule has 6 nitrogen and oxygen atoms in total. The second-order valence-electron chi connectivity index (χ2n) is 6.06. The summed E-state index contributed by atoms with van der Waals surface area (Å²) in [5, 5.41) is 6.62. The molecule has 7 heteroatoms. The van der Waals surface area contributed by atoms with Crippen LogP contribution in [0.5, 0.6) is 0 Å². The number of rotatable bonds is 7. The monoisotopic (exact) mass is 384 g/mol. The second kappa shape index (κ2) is 8.68. The van der Waals surface area contributed by atoms with E-state index >= 15 is 0 Å². The first-order chi connectivity index (χ1) is 13.1. The zero-order valence-electron chi connectivity index (χ0n) is 15.3. The van der Waals surface area contributed by atoms with E-state index in [1.807, 2.05) is 31.2 Å². The molecule has 140 valence electrons. The maximum Gasteiger partial charge on any atom is 0.251 e. The normalized spacial score (nSPS) is 10.6. The van der Waals surface area contributed by atoms with Gasteiger partial charge in [-0.05, 0) is 43.2 Å². The highest BCUT2D eigenvalue weighted by Gasteiger charge is 2.11. The number of nitrogens with one attached hydrogen (secondary N) is 2. The molecule has 0 unspecified atom stereocenters. The maximum atomic E-state index is 12.3. The molecule has 0 bridgehead atoms. The Morgan fingerprint density at radius 2 is 2.04 bits per heavy atom. The van der Waals surface area contributed by atoms with Gasteiger partial charge in [0, 0.05) is 17.7 Å². The standard InChI is InChI=1S/C20H21ClN4O2/c1-3-17-18(21)24-13(2)25-19(17)22-11-14-6-4-7-15(10-14)20(26)23-12-16-8-5-9-27-16/h4-10H,3,11-12H2,1-2H3,(H,23,26)(H,22,24,25). The van der Waals surface area contributed by atoms with Crippen molar-refractivity contribution in [2.45, 2.75) is 33.4 Å². The van der Waals surface area contributed by atoms with Crippen molar-refractivity contribution in [3.05, 3.63) is 76.1 Å². The Labute approximate surface area is 163 Å². The molecule has 2 N–H and O–H groups in total. The SMILES string of the molecule is CCc1c(Cl)nc(C)nc1NCc1cccc(C(=O)NCc2ccco2)c1. The number of nitrogens with zero attached hydrogens (tertiary/aromatic N) is 2. The van der Waals surface area contributed by atoms with Gasteiger partial charge in [0.15, 0.2) is 0 Å². The highest BCUT2D eigenvalue weighted by molar-refractivity contribution is 6.30. The van der Waals surface area contributed by atoms with E-state index in [4.69, 9.17) is 16.0 Å². The Hall–Kier alpha value is -2.86. The summed E-state index contributed by atoms with van der Waals surface area (Å²) in [7, 11) is 0. The fourth-order valence-corrected chi connectivity index (χ4v) is 3.06. The molecule has 2 aromatic heterocycles. The third kappa shape index (κ3) is 4.86. The van der Waals surface area contributed by atoms with E-state index in [9.17, 15) is 4.79 Å². The molecule has 1 aromatic carbocycles. The van der Waals surface area contributed by atoms with Gasteiger partial charge >= 0.3 is 0 Å². The Kier molecular flexibility index (Phi) is 6.08. The zero-order chi connectivity index (χ0) is 19.2. The van der Waals surface area contributed by atoms with Crippen LogP contribution in [-0.2, 0) is 19.5 Å². The predicted octanol–water partition coefficient (Wildman–Crippen LogP) is 4.14. The minimum atomic E-state index is -0.150. The van der Waals surface area contributed by atoms with Crippen LogP contribution in [0.4, 0.5) is 5.82 Å². The maximum absolute atomic E-state index is 12.3. The van der Waals surface area contributed by atoms with E-state index in [-0.39, 0.29) is 5.91 Å². The van der Waals surface area contributed by atoms with Crippen molar-refractivity contribution in [3.8, 4) is 0 Å². The summed E-state index contributed by atoms with van der Waals surface area (Å²) in [6, 6.07) is 11.1. The zero-order valence-corrected chi connectivity index (χ0v) is 16.0. The van der Waals surface area contributed by atoms with Gasteiger partial charge in [0.1, 0.15) is 22.6 Å². The van der Waals surface area contributed by atoms with Crippen LogP contribution in [0.25, 0.3) is 0 Å². The van der Waals surface area contributed by atoms with Crippen LogP contribution < -0.4 is 10.6 Å². The fraction of sp³-hybridized carbons (Fsp3) is 0.250. The van der Waals surface area contributed by atoms with Gasteiger partial charge in [0.25, 0.3) is 5.91 Å². The number of hydrogen-bond acceptors (Lipinski definition) is 5. The molecule has 0 atom stereocenters. The first-order valence-corrected chi connectivity index (χ1v) is 9.11. The highest BCUT2D eigenvalue weighted by Crippen LogP contribution is 2.22. The lowest BCUT2D eigenvalue weighted by Crippen LogP contribution is -2.22. The molecule has 2 heterocycles. The van der Waals surface area contributed by atoms with Gasteiger partial charge in [0.2, 0.25) is 0 Å². The molecule has 0 radical (unpaired) electrons. The van der Waals surface area contributed by atoms with Gasteiger partial charge in [-0.15, -0.1) is 0 Å². The highest BCUT2D eigenvalue weighted by atomic mass is 35.5. The van der Waals surface area contributed by atoms with E-state index < -0.39 is 0 Å². The van der Waals surface area contributed by atoms with E-state index in [1.165, 1.54) is 0 Å². The molecule has 3 rings (SSSR count). The predicted molar refractivity (Wildman–Crippen MR) is 105 cm³/mol. The van der Waals surface area contributed by atoms with Crippen molar-refractivity contribution < 1.29 is 9.21 Å². The summed E-state index contributed by atoms with van der Waals surface area (Å²) in [5.41, 5.74) is 2.44. The Balaban J connectivity index is 1.66. The number of carbonyl (C=O) groups is 1. The number of carbonyl (C=O) groups excluding carboxylic acids is 1. The number of benzene rings is 1. The van der Waals surface area contributed by atoms with Gasteiger partial charge in [-0.3, -0.25) is 4.79 Å². The van der Waals surface area contributed by atoms with Gasteiger partial charge in [-0.1, -0.05) is 30.7 Å². The lowest BCUT2D eigenvalue weighted by molar-refractivity contribution is 0.0948. The lowest BCUT2D eigenvalue weighted by Gasteiger charge is -2.12. The molecule has 3 aromatic rings.